The van der Waals surface area contributed by atoms with Crippen LogP contribution in [0.25, 0.3) is 11.0 Å². The molecule has 108 valence electrons. The van der Waals surface area contributed by atoms with E-state index in [-0.39, 0.29) is 11.6 Å². The van der Waals surface area contributed by atoms with Crippen molar-refractivity contribution in [2.75, 3.05) is 6.61 Å². The summed E-state index contributed by atoms with van der Waals surface area (Å²) < 4.78 is 12.0. The number of ether oxygens (including phenoxy) is 1. The number of furan rings is 1. The third kappa shape index (κ3) is 2.24. The predicted octanol–water partition coefficient (Wildman–Crippen LogP) is 3.20. The lowest BCUT2D eigenvalue weighted by molar-refractivity contribution is -0.0934. The van der Waals surface area contributed by atoms with Gasteiger partial charge in [-0.3, -0.25) is 5.84 Å². The molecule has 20 heavy (non-hydrogen) atoms. The minimum Gasteiger partial charge on any atom is -0.459 e. The Hall–Kier alpha value is -1.36. The van der Waals surface area contributed by atoms with Gasteiger partial charge in [0.15, 0.2) is 0 Å². The molecule has 0 aliphatic carbocycles. The van der Waals surface area contributed by atoms with Crippen molar-refractivity contribution in [1.82, 2.24) is 5.43 Å². The van der Waals surface area contributed by atoms with Crippen LogP contribution in [0.1, 0.15) is 43.6 Å². The lowest BCUT2D eigenvalue weighted by Gasteiger charge is -2.39. The van der Waals surface area contributed by atoms with Crippen LogP contribution in [-0.4, -0.2) is 12.2 Å². The van der Waals surface area contributed by atoms with Crippen LogP contribution in [0, 0.1) is 6.92 Å². The summed E-state index contributed by atoms with van der Waals surface area (Å²) in [6.07, 6.45) is 3.26. The molecule has 0 spiro atoms. The van der Waals surface area contributed by atoms with Crippen LogP contribution in [-0.2, 0) is 4.74 Å². The zero-order chi connectivity index (χ0) is 14.2. The normalized spacial score (nSPS) is 24.9. The van der Waals surface area contributed by atoms with E-state index in [1.165, 1.54) is 0 Å². The Balaban J connectivity index is 2.00. The van der Waals surface area contributed by atoms with E-state index in [2.05, 4.69) is 37.5 Å². The highest BCUT2D eigenvalue weighted by Crippen LogP contribution is 2.38. The second-order valence-corrected chi connectivity index (χ2v) is 5.86. The van der Waals surface area contributed by atoms with Crippen molar-refractivity contribution in [2.24, 2.45) is 5.84 Å². The van der Waals surface area contributed by atoms with Gasteiger partial charge in [-0.15, -0.1) is 0 Å². The molecule has 0 radical (unpaired) electrons. The molecule has 1 aromatic heterocycles. The number of fused-ring (bicyclic) bond motifs is 1. The third-order valence-electron chi connectivity index (χ3n) is 4.32. The van der Waals surface area contributed by atoms with Crippen LogP contribution in [0.5, 0.6) is 0 Å². The lowest BCUT2D eigenvalue weighted by Crippen LogP contribution is -2.48. The molecule has 1 saturated heterocycles. The molecule has 1 aliphatic rings. The van der Waals surface area contributed by atoms with Crippen LogP contribution >= 0.6 is 0 Å². The number of aryl methyl sites for hydroxylation is 1. The summed E-state index contributed by atoms with van der Waals surface area (Å²) in [7, 11) is 0. The fraction of sp³-hybridized carbons (Fsp3) is 0.500. The molecule has 4 nitrogen and oxygen atoms in total. The van der Waals surface area contributed by atoms with Gasteiger partial charge in [0.2, 0.25) is 0 Å². The Labute approximate surface area is 119 Å². The van der Waals surface area contributed by atoms with E-state index in [1.54, 1.807) is 0 Å². The first kappa shape index (κ1) is 13.6. The van der Waals surface area contributed by atoms with Crippen molar-refractivity contribution >= 4 is 11.0 Å². The zero-order valence-corrected chi connectivity index (χ0v) is 12.1. The first-order chi connectivity index (χ1) is 9.64. The van der Waals surface area contributed by atoms with Gasteiger partial charge in [0.25, 0.3) is 0 Å². The van der Waals surface area contributed by atoms with Crippen LogP contribution in [0.15, 0.2) is 28.7 Å². The Morgan fingerprint density at radius 1 is 1.35 bits per heavy atom. The average Bonchev–Trinajstić information content (AvgIpc) is 2.85. The highest BCUT2D eigenvalue weighted by atomic mass is 16.5. The van der Waals surface area contributed by atoms with E-state index in [0.29, 0.717) is 0 Å². The first-order valence-electron chi connectivity index (χ1n) is 7.23. The van der Waals surface area contributed by atoms with Gasteiger partial charge in [0.05, 0.1) is 5.60 Å². The minimum atomic E-state index is -0.311. The SMILES string of the molecule is Cc1cccc2cc(C(NN)C3(C)CCCCO3)oc12. The standard InChI is InChI=1S/C16H22N2O2/c1-11-6-5-7-12-10-13(20-14(11)12)15(18-17)16(2)8-3-4-9-19-16/h5-7,10,15,18H,3-4,8-9,17H2,1-2H3. The molecule has 1 aliphatic heterocycles. The van der Waals surface area contributed by atoms with Crippen molar-refractivity contribution in [3.63, 3.8) is 0 Å². The van der Waals surface area contributed by atoms with Gasteiger partial charge in [-0.25, -0.2) is 5.43 Å². The maximum absolute atomic E-state index is 6.05. The predicted molar refractivity (Wildman–Crippen MR) is 79.2 cm³/mol. The summed E-state index contributed by atoms with van der Waals surface area (Å²) in [6.45, 7) is 4.95. The second kappa shape index (κ2) is 5.20. The number of nitrogens with two attached hydrogens (primary N) is 1. The largest absolute Gasteiger partial charge is 0.459 e. The van der Waals surface area contributed by atoms with E-state index in [9.17, 15) is 0 Å². The molecule has 0 amide bonds. The number of rotatable bonds is 3. The summed E-state index contributed by atoms with van der Waals surface area (Å²) in [6, 6.07) is 8.10. The van der Waals surface area contributed by atoms with Crippen molar-refractivity contribution in [2.45, 2.75) is 44.8 Å². The van der Waals surface area contributed by atoms with E-state index in [0.717, 1.165) is 48.2 Å². The van der Waals surface area contributed by atoms with E-state index < -0.39 is 0 Å². The maximum atomic E-state index is 6.05. The molecule has 2 heterocycles. The number of hydrogen-bond acceptors (Lipinski definition) is 4. The highest BCUT2D eigenvalue weighted by Gasteiger charge is 2.39. The Kier molecular flexibility index (Phi) is 3.54. The molecule has 3 N–H and O–H groups in total. The molecule has 4 heteroatoms. The fourth-order valence-electron chi connectivity index (χ4n) is 3.11. The van der Waals surface area contributed by atoms with Gasteiger partial charge >= 0.3 is 0 Å². The smallest absolute Gasteiger partial charge is 0.137 e. The van der Waals surface area contributed by atoms with E-state index in [1.807, 2.05) is 6.07 Å². The summed E-state index contributed by atoms with van der Waals surface area (Å²) in [5.41, 5.74) is 4.65. The molecule has 2 aromatic rings. The highest BCUT2D eigenvalue weighted by molar-refractivity contribution is 5.81. The molecular weight excluding hydrogens is 252 g/mol. The summed E-state index contributed by atoms with van der Waals surface area (Å²) >= 11 is 0. The van der Waals surface area contributed by atoms with Crippen molar-refractivity contribution in [3.8, 4) is 0 Å². The Morgan fingerprint density at radius 3 is 2.85 bits per heavy atom. The Morgan fingerprint density at radius 2 is 2.20 bits per heavy atom. The monoisotopic (exact) mass is 274 g/mol. The number of nitrogens with one attached hydrogen (secondary N) is 1. The number of hydrogen-bond donors (Lipinski definition) is 2. The van der Waals surface area contributed by atoms with E-state index in [4.69, 9.17) is 15.0 Å². The van der Waals surface area contributed by atoms with E-state index >= 15 is 0 Å². The topological polar surface area (TPSA) is 60.4 Å². The number of hydrazine groups is 1. The summed E-state index contributed by atoms with van der Waals surface area (Å²) in [5.74, 6) is 6.64. The van der Waals surface area contributed by atoms with Gasteiger partial charge < -0.3 is 9.15 Å². The summed E-state index contributed by atoms with van der Waals surface area (Å²) in [5, 5.41) is 1.11. The quantitative estimate of drug-likeness (QED) is 0.666. The maximum Gasteiger partial charge on any atom is 0.137 e. The number of para-hydroxylation sites is 1. The first-order valence-corrected chi connectivity index (χ1v) is 7.23. The molecule has 2 atom stereocenters. The Bertz CT molecular complexity index is 600. The van der Waals surface area contributed by atoms with Gasteiger partial charge in [-0.1, -0.05) is 18.2 Å². The molecule has 0 saturated carbocycles. The van der Waals surface area contributed by atoms with Gasteiger partial charge in [-0.2, -0.15) is 0 Å². The molecule has 0 bridgehead atoms. The van der Waals surface area contributed by atoms with Crippen LogP contribution in [0.2, 0.25) is 0 Å². The van der Waals surface area contributed by atoms with Crippen molar-refractivity contribution < 1.29 is 9.15 Å². The van der Waals surface area contributed by atoms with Crippen LogP contribution < -0.4 is 11.3 Å². The third-order valence-corrected chi connectivity index (χ3v) is 4.32. The molecule has 3 rings (SSSR count). The molecule has 1 aromatic carbocycles. The van der Waals surface area contributed by atoms with Crippen molar-refractivity contribution in [1.29, 1.82) is 0 Å². The average molecular weight is 274 g/mol. The van der Waals surface area contributed by atoms with Crippen LogP contribution in [0.4, 0.5) is 0 Å². The summed E-state index contributed by atoms with van der Waals surface area (Å²) in [4.78, 5) is 0. The van der Waals surface area contributed by atoms with Crippen molar-refractivity contribution in [3.05, 3.63) is 35.6 Å². The molecule has 2 unspecified atom stereocenters. The minimum absolute atomic E-state index is 0.130. The second-order valence-electron chi connectivity index (χ2n) is 5.86. The van der Waals surface area contributed by atoms with Gasteiger partial charge in [0, 0.05) is 12.0 Å². The fourth-order valence-corrected chi connectivity index (χ4v) is 3.11. The lowest BCUT2D eigenvalue weighted by atomic mass is 9.87. The van der Waals surface area contributed by atoms with Gasteiger partial charge in [-0.05, 0) is 44.7 Å². The van der Waals surface area contributed by atoms with Crippen LogP contribution in [0.3, 0.4) is 0 Å². The molecular formula is C16H22N2O2. The molecule has 1 fully saturated rings. The van der Waals surface area contributed by atoms with Gasteiger partial charge in [0.1, 0.15) is 17.4 Å². The number of benzene rings is 1. The zero-order valence-electron chi connectivity index (χ0n) is 12.1.